The molecular weight excluding hydrogens is 490 g/mol. The minimum Gasteiger partial charge on any atom is -0.435 e. The van der Waals surface area contributed by atoms with Crippen molar-refractivity contribution in [2.45, 2.75) is 37.9 Å². The highest BCUT2D eigenvalue weighted by molar-refractivity contribution is 7.90. The number of Topliss-reactive ketones (excluding diaryl/α,β-unsaturated/α-hetero) is 1. The van der Waals surface area contributed by atoms with E-state index in [0.717, 1.165) is 4.70 Å². The number of alkyl halides is 2. The minimum absolute atomic E-state index is 0.0344. The summed E-state index contributed by atoms with van der Waals surface area (Å²) in [6.07, 6.45) is -1.77. The van der Waals surface area contributed by atoms with Gasteiger partial charge < -0.3 is 15.2 Å². The van der Waals surface area contributed by atoms with Gasteiger partial charge in [0.15, 0.2) is 14.8 Å². The predicted octanol–water partition coefficient (Wildman–Crippen LogP) is 2.95. The summed E-state index contributed by atoms with van der Waals surface area (Å²) in [7, 11) is -4.10. The number of nitrogens with one attached hydrogen (secondary N) is 1. The van der Waals surface area contributed by atoms with Crippen LogP contribution in [0.2, 0.25) is 0 Å². The quantitative estimate of drug-likeness (QED) is 0.379. The van der Waals surface area contributed by atoms with Crippen LogP contribution in [0.25, 0.3) is 10.2 Å². The number of fused-ring (bicyclic) bond motifs is 1. The van der Waals surface area contributed by atoms with Crippen molar-refractivity contribution in [3.8, 4) is 5.75 Å². The molecule has 2 aromatic carbocycles. The van der Waals surface area contributed by atoms with Gasteiger partial charge in [-0.3, -0.25) is 9.59 Å². The Balaban J connectivity index is 1.65. The second-order valence-corrected chi connectivity index (χ2v) is 10.5. The Labute approximate surface area is 198 Å². The molecule has 0 aliphatic carbocycles. The lowest BCUT2D eigenvalue weighted by atomic mass is 10.1. The smallest absolute Gasteiger partial charge is 0.387 e. The van der Waals surface area contributed by atoms with Crippen molar-refractivity contribution in [3.63, 3.8) is 0 Å². The third-order valence-corrected chi connectivity index (χ3v) is 7.45. The molecule has 34 heavy (non-hydrogen) atoms. The molecule has 0 radical (unpaired) electrons. The summed E-state index contributed by atoms with van der Waals surface area (Å²) in [6.45, 7) is -1.49. The number of carbonyl (C=O) groups excluding carboxylic acids is 2. The predicted molar refractivity (Wildman–Crippen MR) is 123 cm³/mol. The first-order valence-corrected chi connectivity index (χ1v) is 12.8. The van der Waals surface area contributed by atoms with Gasteiger partial charge in [-0.25, -0.2) is 13.4 Å². The highest BCUT2D eigenvalue weighted by Crippen LogP contribution is 2.24. The van der Waals surface area contributed by atoms with Crippen molar-refractivity contribution >= 4 is 43.1 Å². The molecule has 1 aromatic heterocycles. The van der Waals surface area contributed by atoms with Gasteiger partial charge in [0.1, 0.15) is 11.9 Å². The first-order chi connectivity index (χ1) is 16.1. The fourth-order valence-electron chi connectivity index (χ4n) is 3.19. The molecule has 0 saturated carbocycles. The molecule has 1 heterocycles. The summed E-state index contributed by atoms with van der Waals surface area (Å²) in [5.41, 5.74) is 0.604. The molecule has 2 N–H and O–H groups in total. The van der Waals surface area contributed by atoms with Crippen molar-refractivity contribution < 1.29 is 36.6 Å². The number of rotatable bonds is 11. The fourth-order valence-corrected chi connectivity index (χ4v) is 5.62. The van der Waals surface area contributed by atoms with E-state index in [9.17, 15) is 31.9 Å². The van der Waals surface area contributed by atoms with Gasteiger partial charge in [-0.2, -0.15) is 8.78 Å². The Morgan fingerprint density at radius 1 is 1.15 bits per heavy atom. The molecule has 182 valence electrons. The zero-order valence-corrected chi connectivity index (χ0v) is 19.6. The van der Waals surface area contributed by atoms with Gasteiger partial charge in [0.05, 0.1) is 27.8 Å². The maximum absolute atomic E-state index is 12.8. The Hall–Kier alpha value is -2.96. The number of hydrogen-bond acceptors (Lipinski definition) is 8. The van der Waals surface area contributed by atoms with Gasteiger partial charge in [0, 0.05) is 5.56 Å². The maximum atomic E-state index is 12.8. The van der Waals surface area contributed by atoms with E-state index in [1.54, 1.807) is 19.1 Å². The number of aromatic nitrogens is 1. The Morgan fingerprint density at radius 2 is 1.82 bits per heavy atom. The van der Waals surface area contributed by atoms with Crippen molar-refractivity contribution in [2.24, 2.45) is 0 Å². The van der Waals surface area contributed by atoms with E-state index in [-0.39, 0.29) is 22.7 Å². The van der Waals surface area contributed by atoms with Crippen molar-refractivity contribution in [2.75, 3.05) is 5.75 Å². The van der Waals surface area contributed by atoms with Crippen LogP contribution in [0.1, 0.15) is 28.7 Å². The van der Waals surface area contributed by atoms with Crippen LogP contribution in [-0.2, 0) is 20.4 Å². The SMILES string of the molecule is CC[C@H](NC(=O)[C@@H](O)CS(=O)(=O)Cc1ccccc1OC(F)F)C(=O)c1nc2ccccc2s1. The molecule has 3 rings (SSSR count). The molecule has 0 bridgehead atoms. The standard InChI is InChI=1S/C22H22F2N2O6S2/c1-2-14(19(28)21-26-15-8-4-6-10-18(15)33-21)25-20(29)16(27)12-34(30,31)11-13-7-3-5-9-17(13)32-22(23)24/h3-10,14,16,22,27H,2,11-12H2,1H3,(H,25,29)/t14-,16-/m0/s1. The number of nitrogens with zero attached hydrogens (tertiary/aromatic N) is 1. The van der Waals surface area contributed by atoms with Gasteiger partial charge in [-0.05, 0) is 24.6 Å². The molecule has 1 amide bonds. The molecule has 0 spiro atoms. The van der Waals surface area contributed by atoms with Crippen LogP contribution >= 0.6 is 11.3 Å². The van der Waals surface area contributed by atoms with Crippen LogP contribution in [0.15, 0.2) is 48.5 Å². The van der Waals surface area contributed by atoms with E-state index in [1.165, 1.54) is 35.6 Å². The summed E-state index contributed by atoms with van der Waals surface area (Å²) in [4.78, 5) is 29.5. The number of thiazole rings is 1. The van der Waals surface area contributed by atoms with Gasteiger partial charge in [0.2, 0.25) is 11.7 Å². The zero-order valence-electron chi connectivity index (χ0n) is 18.0. The molecule has 0 saturated heterocycles. The lowest BCUT2D eigenvalue weighted by molar-refractivity contribution is -0.128. The Kier molecular flexibility index (Phi) is 8.28. The first-order valence-electron chi connectivity index (χ1n) is 10.2. The highest BCUT2D eigenvalue weighted by Gasteiger charge is 2.29. The number of ether oxygens (including phenoxy) is 1. The highest BCUT2D eigenvalue weighted by atomic mass is 32.2. The normalized spacial score (nSPS) is 13.6. The second kappa shape index (κ2) is 11.0. The molecule has 0 aliphatic heterocycles. The molecule has 0 aliphatic rings. The Bertz CT molecular complexity index is 1250. The summed E-state index contributed by atoms with van der Waals surface area (Å²) in [5.74, 6) is -3.49. The van der Waals surface area contributed by atoms with Gasteiger partial charge >= 0.3 is 6.61 Å². The average Bonchev–Trinajstić information content (AvgIpc) is 3.21. The topological polar surface area (TPSA) is 123 Å². The molecule has 2 atom stereocenters. The summed E-state index contributed by atoms with van der Waals surface area (Å²) in [6, 6.07) is 11.5. The molecule has 0 fully saturated rings. The van der Waals surface area contributed by atoms with Gasteiger partial charge in [-0.15, -0.1) is 11.3 Å². The van der Waals surface area contributed by atoms with Crippen LogP contribution in [0, 0.1) is 0 Å². The van der Waals surface area contributed by atoms with E-state index in [4.69, 9.17) is 0 Å². The molecule has 12 heteroatoms. The lowest BCUT2D eigenvalue weighted by Crippen LogP contribution is -2.47. The first kappa shape index (κ1) is 25.7. The molecule has 3 aromatic rings. The largest absolute Gasteiger partial charge is 0.435 e. The van der Waals surface area contributed by atoms with Crippen LogP contribution in [0.4, 0.5) is 8.78 Å². The Morgan fingerprint density at radius 3 is 2.50 bits per heavy atom. The zero-order chi connectivity index (χ0) is 24.9. The number of sulfone groups is 1. The van der Waals surface area contributed by atoms with Gasteiger partial charge in [-0.1, -0.05) is 37.3 Å². The summed E-state index contributed by atoms with van der Waals surface area (Å²) in [5, 5.41) is 12.7. The van der Waals surface area contributed by atoms with Crippen LogP contribution in [0.5, 0.6) is 5.75 Å². The molecule has 8 nitrogen and oxygen atoms in total. The third-order valence-electron chi connectivity index (χ3n) is 4.82. The number of amides is 1. The van der Waals surface area contributed by atoms with Crippen LogP contribution in [-0.4, -0.2) is 54.7 Å². The number of ketones is 1. The van der Waals surface area contributed by atoms with Crippen molar-refractivity contribution in [1.82, 2.24) is 10.3 Å². The summed E-state index contributed by atoms with van der Waals surface area (Å²) < 4.78 is 55.2. The van der Waals surface area contributed by atoms with Crippen molar-refractivity contribution in [3.05, 3.63) is 59.1 Å². The lowest BCUT2D eigenvalue weighted by Gasteiger charge is -2.18. The van der Waals surface area contributed by atoms with E-state index >= 15 is 0 Å². The number of halogens is 2. The van der Waals surface area contributed by atoms with E-state index in [1.807, 2.05) is 12.1 Å². The number of hydrogen-bond donors (Lipinski definition) is 2. The van der Waals surface area contributed by atoms with E-state index in [0.29, 0.717) is 5.52 Å². The molecular formula is C22H22F2N2O6S2. The third kappa shape index (κ3) is 6.55. The number of aliphatic hydroxyl groups excluding tert-OH is 1. The number of benzene rings is 2. The van der Waals surface area contributed by atoms with Crippen LogP contribution in [0.3, 0.4) is 0 Å². The number of para-hydroxylation sites is 2. The minimum atomic E-state index is -4.10. The van der Waals surface area contributed by atoms with Crippen molar-refractivity contribution in [1.29, 1.82) is 0 Å². The molecule has 0 unspecified atom stereocenters. The maximum Gasteiger partial charge on any atom is 0.387 e. The second-order valence-electron chi connectivity index (χ2n) is 7.38. The van der Waals surface area contributed by atoms with Crippen LogP contribution < -0.4 is 10.1 Å². The van der Waals surface area contributed by atoms with E-state index in [2.05, 4.69) is 15.0 Å². The fraction of sp³-hybridized carbons (Fsp3) is 0.318. The number of carbonyl (C=O) groups is 2. The van der Waals surface area contributed by atoms with E-state index < -0.39 is 51.8 Å². The monoisotopic (exact) mass is 512 g/mol. The number of aliphatic hydroxyl groups is 1. The van der Waals surface area contributed by atoms with Gasteiger partial charge in [0.25, 0.3) is 0 Å². The summed E-state index contributed by atoms with van der Waals surface area (Å²) >= 11 is 1.17. The average molecular weight is 513 g/mol.